The Hall–Kier alpha value is -0.780. The van der Waals surface area contributed by atoms with E-state index in [1.54, 1.807) is 0 Å². The molecule has 0 aromatic heterocycles. The smallest absolute Gasteiger partial charge is 0.108 e. The Morgan fingerprint density at radius 3 is 1.72 bits per heavy atom. The van der Waals surface area contributed by atoms with Gasteiger partial charge in [0.25, 0.3) is 0 Å². The van der Waals surface area contributed by atoms with Crippen LogP contribution in [0.1, 0.15) is 17.2 Å². The van der Waals surface area contributed by atoms with Crippen molar-refractivity contribution >= 4 is 48.0 Å². The minimum absolute atomic E-state index is 0. The van der Waals surface area contributed by atoms with Crippen LogP contribution in [0.15, 0.2) is 61.2 Å². The van der Waals surface area contributed by atoms with Gasteiger partial charge in [-0.05, 0) is 35.4 Å². The molecule has 29 heavy (non-hydrogen) atoms. The summed E-state index contributed by atoms with van der Waals surface area (Å²) in [5.41, 5.74) is 2.19. The fourth-order valence-electron chi connectivity index (χ4n) is 3.34. The van der Waals surface area contributed by atoms with Crippen molar-refractivity contribution in [3.63, 3.8) is 0 Å². The zero-order valence-corrected chi connectivity index (χ0v) is 19.5. The van der Waals surface area contributed by atoms with Crippen molar-refractivity contribution < 1.29 is 4.74 Å². The molecule has 160 valence electrons. The van der Waals surface area contributed by atoms with Crippen molar-refractivity contribution in [1.82, 2.24) is 9.80 Å². The molecule has 3 rings (SSSR count). The van der Waals surface area contributed by atoms with Crippen molar-refractivity contribution in [1.29, 1.82) is 0 Å². The van der Waals surface area contributed by atoms with Crippen LogP contribution < -0.4 is 0 Å². The molecule has 3 nitrogen and oxygen atoms in total. The average molecular weight is 478 g/mol. The Labute approximate surface area is 196 Å². The molecular weight excluding hydrogens is 450 g/mol. The van der Waals surface area contributed by atoms with Crippen molar-refractivity contribution in [2.45, 2.75) is 6.10 Å². The molecule has 7 heteroatoms. The maximum atomic E-state index is 6.31. The fourth-order valence-corrected chi connectivity index (χ4v) is 3.59. The number of hydrogen-bond acceptors (Lipinski definition) is 3. The van der Waals surface area contributed by atoms with Gasteiger partial charge in [-0.25, -0.2) is 0 Å². The number of halogens is 4. The summed E-state index contributed by atoms with van der Waals surface area (Å²) in [4.78, 5) is 4.88. The van der Waals surface area contributed by atoms with Crippen LogP contribution in [0.2, 0.25) is 10.0 Å². The monoisotopic (exact) mass is 476 g/mol. The molecule has 0 atom stereocenters. The van der Waals surface area contributed by atoms with Gasteiger partial charge in [0.1, 0.15) is 6.10 Å². The van der Waals surface area contributed by atoms with Gasteiger partial charge in [-0.1, -0.05) is 53.5 Å². The number of nitrogens with zero attached hydrogens (tertiary/aromatic N) is 2. The van der Waals surface area contributed by atoms with Crippen molar-refractivity contribution in [3.05, 3.63) is 82.4 Å². The Morgan fingerprint density at radius 2 is 1.28 bits per heavy atom. The van der Waals surface area contributed by atoms with Crippen molar-refractivity contribution in [3.8, 4) is 0 Å². The molecule has 1 saturated heterocycles. The second kappa shape index (κ2) is 13.5. The third kappa shape index (κ3) is 8.10. The van der Waals surface area contributed by atoms with E-state index < -0.39 is 0 Å². The highest BCUT2D eigenvalue weighted by Gasteiger charge is 2.18. The van der Waals surface area contributed by atoms with Crippen LogP contribution in [-0.2, 0) is 4.74 Å². The van der Waals surface area contributed by atoms with E-state index in [9.17, 15) is 0 Å². The molecule has 0 bridgehead atoms. The minimum Gasteiger partial charge on any atom is -0.367 e. The number of piperazine rings is 1. The van der Waals surface area contributed by atoms with Gasteiger partial charge in [0.2, 0.25) is 0 Å². The summed E-state index contributed by atoms with van der Waals surface area (Å²) in [5, 5.41) is 1.46. The summed E-state index contributed by atoms with van der Waals surface area (Å²) < 4.78 is 6.31. The highest BCUT2D eigenvalue weighted by atomic mass is 35.5. The minimum atomic E-state index is -0.124. The molecule has 1 aliphatic heterocycles. The molecule has 0 unspecified atom stereocenters. The second-order valence-corrected chi connectivity index (χ2v) is 7.66. The Balaban J connectivity index is 0.00000210. The molecule has 1 fully saturated rings. The van der Waals surface area contributed by atoms with Gasteiger partial charge in [0, 0.05) is 49.3 Å². The van der Waals surface area contributed by atoms with E-state index in [4.69, 9.17) is 27.9 Å². The van der Waals surface area contributed by atoms with Gasteiger partial charge in [-0.3, -0.25) is 9.80 Å². The molecule has 1 heterocycles. The molecule has 0 radical (unpaired) electrons. The number of ether oxygens (including phenoxy) is 1. The second-order valence-electron chi connectivity index (χ2n) is 6.78. The van der Waals surface area contributed by atoms with Crippen molar-refractivity contribution in [2.24, 2.45) is 0 Å². The van der Waals surface area contributed by atoms with Gasteiger partial charge in [-0.15, -0.1) is 31.4 Å². The van der Waals surface area contributed by atoms with Crippen molar-refractivity contribution in [2.75, 3.05) is 45.9 Å². The van der Waals surface area contributed by atoms with E-state index in [1.807, 2.05) is 54.6 Å². The maximum Gasteiger partial charge on any atom is 0.108 e. The van der Waals surface area contributed by atoms with Crippen LogP contribution in [-0.4, -0.2) is 55.7 Å². The molecule has 0 saturated carbocycles. The van der Waals surface area contributed by atoms with Gasteiger partial charge in [0.15, 0.2) is 0 Å². The SMILES string of the molecule is C=CCN1CCN(CCOC(c2ccc(Cl)cc2)c2ccc(Cl)cc2)CC1.Cl.Cl. The lowest BCUT2D eigenvalue weighted by molar-refractivity contribution is 0.0467. The van der Waals surface area contributed by atoms with E-state index in [-0.39, 0.29) is 30.9 Å². The third-order valence-electron chi connectivity index (χ3n) is 4.89. The molecule has 2 aromatic carbocycles. The summed E-state index contributed by atoms with van der Waals surface area (Å²) in [6, 6.07) is 15.7. The van der Waals surface area contributed by atoms with Crippen LogP contribution in [0, 0.1) is 0 Å². The lowest BCUT2D eigenvalue weighted by atomic mass is 10.0. The molecular formula is C22H28Cl4N2O. The van der Waals surface area contributed by atoms with Crippen LogP contribution in [0.4, 0.5) is 0 Å². The molecule has 0 amide bonds. The first-order valence-electron chi connectivity index (χ1n) is 9.34. The van der Waals surface area contributed by atoms with E-state index in [0.717, 1.165) is 60.4 Å². The summed E-state index contributed by atoms with van der Waals surface area (Å²) in [5.74, 6) is 0. The molecule has 0 N–H and O–H groups in total. The predicted molar refractivity (Wildman–Crippen MR) is 128 cm³/mol. The number of rotatable bonds is 8. The molecule has 1 aliphatic rings. The highest BCUT2D eigenvalue weighted by molar-refractivity contribution is 6.30. The molecule has 0 spiro atoms. The summed E-state index contributed by atoms with van der Waals surface area (Å²) in [6.07, 6.45) is 1.85. The zero-order chi connectivity index (χ0) is 19.1. The van der Waals surface area contributed by atoms with E-state index >= 15 is 0 Å². The molecule has 0 aliphatic carbocycles. The topological polar surface area (TPSA) is 15.7 Å². The third-order valence-corrected chi connectivity index (χ3v) is 5.39. The Bertz CT molecular complexity index is 671. The van der Waals surface area contributed by atoms with E-state index in [0.29, 0.717) is 6.61 Å². The largest absolute Gasteiger partial charge is 0.367 e. The van der Waals surface area contributed by atoms with E-state index in [2.05, 4.69) is 16.4 Å². The standard InChI is InChI=1S/C22H26Cl2N2O.2ClH/c1-2-11-25-12-14-26(15-13-25)16-17-27-22(18-3-7-20(23)8-4-18)19-5-9-21(24)10-6-19;;/h2-10,22H,1,11-17H2;2*1H. The summed E-state index contributed by atoms with van der Waals surface area (Å²) >= 11 is 12.1. The number of hydrogen-bond donors (Lipinski definition) is 0. The lowest BCUT2D eigenvalue weighted by Crippen LogP contribution is -2.47. The Kier molecular flexibility index (Phi) is 12.2. The lowest BCUT2D eigenvalue weighted by Gasteiger charge is -2.34. The Morgan fingerprint density at radius 1 is 0.828 bits per heavy atom. The molecule has 2 aromatic rings. The van der Waals surface area contributed by atoms with Crippen LogP contribution in [0.25, 0.3) is 0 Å². The summed E-state index contributed by atoms with van der Waals surface area (Å²) in [6.45, 7) is 10.7. The first-order chi connectivity index (χ1) is 13.2. The van der Waals surface area contributed by atoms with Crippen LogP contribution in [0.3, 0.4) is 0 Å². The first-order valence-corrected chi connectivity index (χ1v) is 10.1. The van der Waals surface area contributed by atoms with E-state index in [1.165, 1.54) is 0 Å². The highest BCUT2D eigenvalue weighted by Crippen LogP contribution is 2.28. The van der Waals surface area contributed by atoms with Gasteiger partial charge in [0.05, 0.1) is 6.61 Å². The van der Waals surface area contributed by atoms with Crippen LogP contribution in [0.5, 0.6) is 0 Å². The quantitative estimate of drug-likeness (QED) is 0.450. The first kappa shape index (κ1) is 26.3. The van der Waals surface area contributed by atoms with Gasteiger partial charge >= 0.3 is 0 Å². The number of benzene rings is 2. The van der Waals surface area contributed by atoms with Crippen LogP contribution >= 0.6 is 48.0 Å². The summed E-state index contributed by atoms with van der Waals surface area (Å²) in [7, 11) is 0. The maximum absolute atomic E-state index is 6.31. The van der Waals surface area contributed by atoms with Gasteiger partial charge in [-0.2, -0.15) is 0 Å². The zero-order valence-electron chi connectivity index (χ0n) is 16.3. The predicted octanol–water partition coefficient (Wildman–Crippen LogP) is 5.75. The van der Waals surface area contributed by atoms with Gasteiger partial charge < -0.3 is 4.74 Å². The average Bonchev–Trinajstić information content (AvgIpc) is 2.69. The fraction of sp³-hybridized carbons (Fsp3) is 0.364. The normalized spacial score (nSPS) is 14.9.